The molecule has 0 spiro atoms. The Morgan fingerprint density at radius 2 is 1.90 bits per heavy atom. The van der Waals surface area contributed by atoms with E-state index >= 15 is 0 Å². The van der Waals surface area contributed by atoms with Gasteiger partial charge in [0.1, 0.15) is 11.5 Å². The van der Waals surface area contributed by atoms with E-state index in [9.17, 15) is 9.18 Å². The summed E-state index contributed by atoms with van der Waals surface area (Å²) in [6, 6.07) is 15.6. The molecule has 3 aromatic heterocycles. The maximum Gasteiger partial charge on any atom is 0.253 e. The van der Waals surface area contributed by atoms with E-state index < -0.39 is 0 Å². The number of aromatic nitrogens is 4. The van der Waals surface area contributed by atoms with Crippen LogP contribution in [0.15, 0.2) is 79.4 Å². The van der Waals surface area contributed by atoms with Crippen LogP contribution in [0.5, 0.6) is 0 Å². The summed E-state index contributed by atoms with van der Waals surface area (Å²) in [4.78, 5) is 22.4. The lowest BCUT2D eigenvalue weighted by Gasteiger charge is -2.11. The van der Waals surface area contributed by atoms with E-state index in [1.807, 2.05) is 24.3 Å². The lowest BCUT2D eigenvalue weighted by molar-refractivity contribution is 0.0950. The molecule has 4 rings (SSSR count). The number of pyridine rings is 2. The van der Waals surface area contributed by atoms with Gasteiger partial charge in [-0.2, -0.15) is 9.89 Å². The number of carbonyl (C=O) groups excluding carboxylic acids is 1. The molecule has 4 aromatic rings. The summed E-state index contributed by atoms with van der Waals surface area (Å²) in [6.45, 7) is 0.976. The van der Waals surface area contributed by atoms with Gasteiger partial charge in [0.2, 0.25) is 0 Å². The SMILES string of the molecule is O=C(NCc1cccnc1)c1ccc(-c2ccnn2NCCc2cccc(F)c2)nc1. The van der Waals surface area contributed by atoms with Gasteiger partial charge in [0.05, 0.1) is 17.5 Å². The highest BCUT2D eigenvalue weighted by Gasteiger charge is 2.10. The summed E-state index contributed by atoms with van der Waals surface area (Å²) < 4.78 is 13.3. The lowest BCUT2D eigenvalue weighted by atomic mass is 10.1. The van der Waals surface area contributed by atoms with Crippen LogP contribution in [-0.2, 0) is 13.0 Å². The maximum absolute atomic E-state index is 13.3. The van der Waals surface area contributed by atoms with Crippen molar-refractivity contribution in [3.63, 3.8) is 0 Å². The number of amides is 1. The van der Waals surface area contributed by atoms with Gasteiger partial charge in [-0.3, -0.25) is 14.8 Å². The summed E-state index contributed by atoms with van der Waals surface area (Å²) in [5.74, 6) is -0.448. The molecule has 0 saturated carbocycles. The number of benzene rings is 1. The Kier molecular flexibility index (Phi) is 6.27. The van der Waals surface area contributed by atoms with Gasteiger partial charge in [0.15, 0.2) is 0 Å². The molecule has 0 bridgehead atoms. The number of halogens is 1. The van der Waals surface area contributed by atoms with E-state index in [0.717, 1.165) is 16.8 Å². The van der Waals surface area contributed by atoms with Gasteiger partial charge in [-0.1, -0.05) is 18.2 Å². The van der Waals surface area contributed by atoms with Crippen molar-refractivity contribution in [1.29, 1.82) is 0 Å². The third kappa shape index (κ3) is 5.30. The Morgan fingerprint density at radius 1 is 1.00 bits per heavy atom. The number of carbonyl (C=O) groups is 1. The van der Waals surface area contributed by atoms with E-state index in [0.29, 0.717) is 30.8 Å². The Morgan fingerprint density at radius 3 is 2.68 bits per heavy atom. The number of hydrogen-bond donors (Lipinski definition) is 2. The monoisotopic (exact) mass is 416 g/mol. The van der Waals surface area contributed by atoms with Gasteiger partial charge in [0, 0.05) is 31.7 Å². The van der Waals surface area contributed by atoms with Crippen molar-refractivity contribution in [2.75, 3.05) is 12.0 Å². The smallest absolute Gasteiger partial charge is 0.253 e. The quantitative estimate of drug-likeness (QED) is 0.461. The fourth-order valence-electron chi connectivity index (χ4n) is 3.09. The fourth-order valence-corrected chi connectivity index (χ4v) is 3.09. The second-order valence-electron chi connectivity index (χ2n) is 6.89. The van der Waals surface area contributed by atoms with Crippen LogP contribution in [-0.4, -0.2) is 32.3 Å². The molecule has 0 aliphatic rings. The predicted molar refractivity (Wildman–Crippen MR) is 115 cm³/mol. The molecule has 8 heteroatoms. The van der Waals surface area contributed by atoms with Crippen molar-refractivity contribution in [2.24, 2.45) is 0 Å². The summed E-state index contributed by atoms with van der Waals surface area (Å²) >= 11 is 0. The van der Waals surface area contributed by atoms with Gasteiger partial charge >= 0.3 is 0 Å². The minimum Gasteiger partial charge on any atom is -0.348 e. The normalized spacial score (nSPS) is 10.6. The Labute approximate surface area is 179 Å². The molecule has 0 aliphatic heterocycles. The van der Waals surface area contributed by atoms with Crippen LogP contribution in [0, 0.1) is 5.82 Å². The molecule has 7 nitrogen and oxygen atoms in total. The van der Waals surface area contributed by atoms with Crippen LogP contribution in [0.3, 0.4) is 0 Å². The van der Waals surface area contributed by atoms with Crippen molar-refractivity contribution in [3.05, 3.63) is 102 Å². The molecule has 3 heterocycles. The maximum atomic E-state index is 13.3. The van der Waals surface area contributed by atoms with Gasteiger partial charge < -0.3 is 10.7 Å². The second kappa shape index (κ2) is 9.62. The highest BCUT2D eigenvalue weighted by atomic mass is 19.1. The molecule has 2 N–H and O–H groups in total. The topological polar surface area (TPSA) is 84.7 Å². The van der Waals surface area contributed by atoms with Gasteiger partial charge in [-0.05, 0) is 53.9 Å². The Balaban J connectivity index is 1.36. The summed E-state index contributed by atoms with van der Waals surface area (Å²) in [7, 11) is 0. The molecule has 156 valence electrons. The largest absolute Gasteiger partial charge is 0.348 e. The molecule has 0 atom stereocenters. The minimum absolute atomic E-state index is 0.204. The number of nitrogens with zero attached hydrogens (tertiary/aromatic N) is 4. The standard InChI is InChI=1S/C23H21FN6O/c24-20-5-1-3-17(13-20)8-11-28-30-22(9-12-29-30)21-7-6-19(16-26-21)23(31)27-15-18-4-2-10-25-14-18/h1-7,9-10,12-14,16,28H,8,11,15H2,(H,27,31). The first-order chi connectivity index (χ1) is 15.2. The minimum atomic E-state index is -0.244. The first-order valence-electron chi connectivity index (χ1n) is 9.85. The van der Waals surface area contributed by atoms with Crippen LogP contribution in [0.2, 0.25) is 0 Å². The van der Waals surface area contributed by atoms with Crippen LogP contribution < -0.4 is 10.7 Å². The van der Waals surface area contributed by atoms with E-state index in [1.165, 1.54) is 18.3 Å². The molecule has 0 fully saturated rings. The molecular formula is C23H21FN6O. The van der Waals surface area contributed by atoms with Crippen molar-refractivity contribution >= 4 is 5.91 Å². The predicted octanol–water partition coefficient (Wildman–Crippen LogP) is 3.20. The molecule has 0 unspecified atom stereocenters. The van der Waals surface area contributed by atoms with Crippen molar-refractivity contribution in [3.8, 4) is 11.4 Å². The van der Waals surface area contributed by atoms with Crippen molar-refractivity contribution in [1.82, 2.24) is 25.2 Å². The van der Waals surface area contributed by atoms with Crippen molar-refractivity contribution in [2.45, 2.75) is 13.0 Å². The van der Waals surface area contributed by atoms with Crippen LogP contribution >= 0.6 is 0 Å². The zero-order valence-corrected chi connectivity index (χ0v) is 16.7. The summed E-state index contributed by atoms with van der Waals surface area (Å²) in [6.07, 6.45) is 7.26. The molecule has 31 heavy (non-hydrogen) atoms. The lowest BCUT2D eigenvalue weighted by Crippen LogP contribution is -2.23. The van der Waals surface area contributed by atoms with Crippen molar-refractivity contribution < 1.29 is 9.18 Å². The van der Waals surface area contributed by atoms with E-state index in [-0.39, 0.29) is 11.7 Å². The average molecular weight is 416 g/mol. The van der Waals surface area contributed by atoms with E-state index in [4.69, 9.17) is 0 Å². The van der Waals surface area contributed by atoms with Crippen LogP contribution in [0.1, 0.15) is 21.5 Å². The molecule has 0 saturated heterocycles. The highest BCUT2D eigenvalue weighted by molar-refractivity contribution is 5.94. The van der Waals surface area contributed by atoms with E-state index in [2.05, 4.69) is 25.8 Å². The zero-order valence-electron chi connectivity index (χ0n) is 16.7. The molecule has 1 amide bonds. The highest BCUT2D eigenvalue weighted by Crippen LogP contribution is 2.16. The number of nitrogens with one attached hydrogen (secondary N) is 2. The van der Waals surface area contributed by atoms with E-state index in [1.54, 1.807) is 41.6 Å². The third-order valence-corrected chi connectivity index (χ3v) is 4.67. The van der Waals surface area contributed by atoms with Gasteiger partial charge in [0.25, 0.3) is 5.91 Å². The fraction of sp³-hybridized carbons (Fsp3) is 0.130. The van der Waals surface area contributed by atoms with Crippen LogP contribution in [0.4, 0.5) is 4.39 Å². The first-order valence-corrected chi connectivity index (χ1v) is 9.85. The van der Waals surface area contributed by atoms with Gasteiger partial charge in [-0.25, -0.2) is 4.39 Å². The number of hydrogen-bond acceptors (Lipinski definition) is 5. The molecule has 1 aromatic carbocycles. The van der Waals surface area contributed by atoms with Gasteiger partial charge in [-0.15, -0.1) is 0 Å². The second-order valence-corrected chi connectivity index (χ2v) is 6.89. The Bertz CT molecular complexity index is 1140. The first kappa shape index (κ1) is 20.2. The summed E-state index contributed by atoms with van der Waals surface area (Å²) in [5, 5.41) is 7.12. The van der Waals surface area contributed by atoms with Crippen LogP contribution in [0.25, 0.3) is 11.4 Å². The number of rotatable bonds is 8. The average Bonchev–Trinajstić information content (AvgIpc) is 3.27. The third-order valence-electron chi connectivity index (χ3n) is 4.67. The summed E-state index contributed by atoms with van der Waals surface area (Å²) in [5.41, 5.74) is 6.94. The Hall–Kier alpha value is -4.07. The molecule has 0 aliphatic carbocycles. The zero-order chi connectivity index (χ0) is 21.5. The molecular weight excluding hydrogens is 395 g/mol. The molecule has 0 radical (unpaired) electrons.